The van der Waals surface area contributed by atoms with E-state index in [2.05, 4.69) is 0 Å². The lowest BCUT2D eigenvalue weighted by atomic mass is 10.0. The van der Waals surface area contributed by atoms with Crippen LogP contribution in [0, 0.1) is 12.8 Å². The number of hydrogen-bond acceptors (Lipinski definition) is 4. The minimum absolute atomic E-state index is 0.0722. The lowest BCUT2D eigenvalue weighted by Crippen LogP contribution is -2.51. The molecule has 9 heteroatoms. The number of sulfonamides is 1. The predicted octanol–water partition coefficient (Wildman–Crippen LogP) is 4.48. The molecule has 2 aromatic carbocycles. The van der Waals surface area contributed by atoms with E-state index in [0.717, 1.165) is 24.0 Å². The van der Waals surface area contributed by atoms with Crippen LogP contribution < -0.4 is 0 Å². The van der Waals surface area contributed by atoms with Crippen LogP contribution in [0.15, 0.2) is 53.4 Å². The smallest absolute Gasteiger partial charge is 0.243 e. The molecule has 0 spiro atoms. The second-order valence-corrected chi connectivity index (χ2v) is 12.5. The first-order valence-electron chi connectivity index (χ1n) is 13.1. The molecule has 1 heterocycles. The lowest BCUT2D eigenvalue weighted by molar-refractivity contribution is -0.138. The Hall–Kier alpha value is -2.42. The number of carbonyl (C=O) groups is 2. The third-order valence-corrected chi connectivity index (χ3v) is 9.28. The number of carbonyl (C=O) groups excluding carboxylic acids is 2. The van der Waals surface area contributed by atoms with Gasteiger partial charge < -0.3 is 9.80 Å². The van der Waals surface area contributed by atoms with Crippen LogP contribution in [0.3, 0.4) is 0 Å². The van der Waals surface area contributed by atoms with Gasteiger partial charge in [0.1, 0.15) is 0 Å². The van der Waals surface area contributed by atoms with Crippen LogP contribution in [-0.2, 0) is 26.2 Å². The van der Waals surface area contributed by atoms with E-state index in [-0.39, 0.29) is 41.8 Å². The first kappa shape index (κ1) is 27.6. The summed E-state index contributed by atoms with van der Waals surface area (Å²) in [6, 6.07) is 14.0. The SMILES string of the molecule is CCCN(CC(=O)N(Cc1ccc(Cl)cc1)C1CCN(C(=O)C2CC2)CC1)S(=O)(=O)c1ccc(C)cc1. The molecular formula is C28H36ClN3O4S. The number of rotatable bonds is 10. The topological polar surface area (TPSA) is 78.0 Å². The van der Waals surface area contributed by atoms with Gasteiger partial charge in [0.2, 0.25) is 21.8 Å². The number of amides is 2. The molecule has 1 saturated heterocycles. The predicted molar refractivity (Wildman–Crippen MR) is 145 cm³/mol. The van der Waals surface area contributed by atoms with Crippen molar-refractivity contribution < 1.29 is 18.0 Å². The van der Waals surface area contributed by atoms with E-state index in [1.807, 2.05) is 30.9 Å². The fourth-order valence-corrected chi connectivity index (χ4v) is 6.44. The maximum Gasteiger partial charge on any atom is 0.243 e. The monoisotopic (exact) mass is 545 g/mol. The third kappa shape index (κ3) is 6.92. The van der Waals surface area contributed by atoms with Gasteiger partial charge in [0.15, 0.2) is 0 Å². The maximum absolute atomic E-state index is 13.8. The average Bonchev–Trinajstić information content (AvgIpc) is 3.74. The van der Waals surface area contributed by atoms with Crippen molar-refractivity contribution in [3.63, 3.8) is 0 Å². The summed E-state index contributed by atoms with van der Waals surface area (Å²) in [5, 5.41) is 0.617. The Balaban J connectivity index is 1.53. The summed E-state index contributed by atoms with van der Waals surface area (Å²) in [5.74, 6) is 0.177. The van der Waals surface area contributed by atoms with E-state index in [1.165, 1.54) is 4.31 Å². The summed E-state index contributed by atoms with van der Waals surface area (Å²) in [5.41, 5.74) is 1.90. The largest absolute Gasteiger partial charge is 0.342 e. The van der Waals surface area contributed by atoms with E-state index in [4.69, 9.17) is 11.6 Å². The molecule has 0 N–H and O–H groups in total. The fraction of sp³-hybridized carbons (Fsp3) is 0.500. The van der Waals surface area contributed by atoms with Gasteiger partial charge in [-0.05, 0) is 68.9 Å². The van der Waals surface area contributed by atoms with E-state index < -0.39 is 10.0 Å². The van der Waals surface area contributed by atoms with Crippen molar-refractivity contribution in [1.82, 2.24) is 14.1 Å². The Morgan fingerprint density at radius 2 is 1.59 bits per heavy atom. The second kappa shape index (κ2) is 12.0. The molecule has 2 fully saturated rings. The summed E-state index contributed by atoms with van der Waals surface area (Å²) >= 11 is 6.07. The van der Waals surface area contributed by atoms with Crippen LogP contribution in [0.5, 0.6) is 0 Å². The number of piperidine rings is 1. The van der Waals surface area contributed by atoms with Gasteiger partial charge in [-0.15, -0.1) is 0 Å². The van der Waals surface area contributed by atoms with Crippen molar-refractivity contribution in [3.8, 4) is 0 Å². The Morgan fingerprint density at radius 3 is 2.16 bits per heavy atom. The van der Waals surface area contributed by atoms with E-state index in [9.17, 15) is 18.0 Å². The molecule has 1 aliphatic carbocycles. The van der Waals surface area contributed by atoms with Crippen molar-refractivity contribution >= 4 is 33.4 Å². The Kier molecular flexibility index (Phi) is 8.93. The van der Waals surface area contributed by atoms with Gasteiger partial charge in [-0.2, -0.15) is 4.31 Å². The highest BCUT2D eigenvalue weighted by atomic mass is 35.5. The van der Waals surface area contributed by atoms with Gasteiger partial charge in [-0.3, -0.25) is 9.59 Å². The van der Waals surface area contributed by atoms with Crippen molar-refractivity contribution in [1.29, 1.82) is 0 Å². The molecule has 0 unspecified atom stereocenters. The van der Waals surface area contributed by atoms with E-state index >= 15 is 0 Å². The Bertz CT molecular complexity index is 1190. The molecule has 0 radical (unpaired) electrons. The van der Waals surface area contributed by atoms with Gasteiger partial charge in [0.25, 0.3) is 0 Å². The molecule has 2 aliphatic rings. The lowest BCUT2D eigenvalue weighted by Gasteiger charge is -2.39. The highest BCUT2D eigenvalue weighted by molar-refractivity contribution is 7.89. The van der Waals surface area contributed by atoms with Crippen LogP contribution in [0.25, 0.3) is 0 Å². The molecule has 4 rings (SSSR count). The molecule has 0 atom stereocenters. The van der Waals surface area contributed by atoms with Crippen molar-refractivity contribution in [2.75, 3.05) is 26.2 Å². The molecular weight excluding hydrogens is 510 g/mol. The highest BCUT2D eigenvalue weighted by Crippen LogP contribution is 2.32. The third-order valence-electron chi connectivity index (χ3n) is 7.17. The zero-order chi connectivity index (χ0) is 26.6. The molecule has 7 nitrogen and oxygen atoms in total. The van der Waals surface area contributed by atoms with Crippen molar-refractivity contribution in [2.45, 2.75) is 63.4 Å². The number of aryl methyl sites for hydroxylation is 1. The number of halogens is 1. The summed E-state index contributed by atoms with van der Waals surface area (Å²) < 4.78 is 28.2. The first-order chi connectivity index (χ1) is 17.7. The van der Waals surface area contributed by atoms with Crippen LogP contribution in [0.2, 0.25) is 5.02 Å². The van der Waals surface area contributed by atoms with Gasteiger partial charge in [-0.1, -0.05) is 48.4 Å². The van der Waals surface area contributed by atoms with Crippen molar-refractivity contribution in [3.05, 3.63) is 64.7 Å². The molecule has 2 aromatic rings. The molecule has 1 saturated carbocycles. The van der Waals surface area contributed by atoms with Crippen LogP contribution in [-0.4, -0.2) is 66.6 Å². The quantitative estimate of drug-likeness (QED) is 0.441. The van der Waals surface area contributed by atoms with Gasteiger partial charge in [-0.25, -0.2) is 8.42 Å². The second-order valence-electron chi connectivity index (χ2n) is 10.1. The van der Waals surface area contributed by atoms with Gasteiger partial charge >= 0.3 is 0 Å². The normalized spacial score (nSPS) is 16.7. The molecule has 200 valence electrons. The summed E-state index contributed by atoms with van der Waals surface area (Å²) in [6.07, 6.45) is 3.90. The van der Waals surface area contributed by atoms with Crippen molar-refractivity contribution in [2.24, 2.45) is 5.92 Å². The van der Waals surface area contributed by atoms with Crippen LogP contribution in [0.4, 0.5) is 0 Å². The summed E-state index contributed by atoms with van der Waals surface area (Å²) in [6.45, 7) is 5.43. The minimum atomic E-state index is -3.82. The van der Waals surface area contributed by atoms with E-state index in [0.29, 0.717) is 43.9 Å². The molecule has 0 aromatic heterocycles. The number of hydrogen-bond donors (Lipinski definition) is 0. The van der Waals surface area contributed by atoms with Gasteiger partial charge in [0, 0.05) is 43.2 Å². The zero-order valence-corrected chi connectivity index (χ0v) is 23.2. The molecule has 1 aliphatic heterocycles. The van der Waals surface area contributed by atoms with E-state index in [1.54, 1.807) is 41.3 Å². The summed E-state index contributed by atoms with van der Waals surface area (Å²) in [4.78, 5) is 30.2. The number of likely N-dealkylation sites (tertiary alicyclic amines) is 1. The molecule has 2 amide bonds. The molecule has 0 bridgehead atoms. The minimum Gasteiger partial charge on any atom is -0.342 e. The fourth-order valence-electron chi connectivity index (χ4n) is 4.83. The van der Waals surface area contributed by atoms with Gasteiger partial charge in [0.05, 0.1) is 11.4 Å². The standard InChI is InChI=1S/C28H36ClN3O4S/c1-3-16-31(37(35,36)26-12-4-21(2)5-13-26)20-27(33)32(19-22-6-10-24(29)11-7-22)25-14-17-30(18-15-25)28(34)23-8-9-23/h4-7,10-13,23,25H,3,8-9,14-20H2,1-2H3. The Morgan fingerprint density at radius 1 is 0.973 bits per heavy atom. The number of benzene rings is 2. The summed E-state index contributed by atoms with van der Waals surface area (Å²) in [7, 11) is -3.82. The molecule has 37 heavy (non-hydrogen) atoms. The average molecular weight is 546 g/mol. The first-order valence-corrected chi connectivity index (χ1v) is 14.9. The highest BCUT2D eigenvalue weighted by Gasteiger charge is 2.37. The maximum atomic E-state index is 13.8. The Labute approximate surface area is 225 Å². The van der Waals surface area contributed by atoms with Crippen LogP contribution >= 0.6 is 11.6 Å². The number of nitrogens with zero attached hydrogens (tertiary/aromatic N) is 3. The van der Waals surface area contributed by atoms with Crippen LogP contribution in [0.1, 0.15) is 50.2 Å². The zero-order valence-electron chi connectivity index (χ0n) is 21.6.